The molecule has 0 bridgehead atoms. The highest BCUT2D eigenvalue weighted by Gasteiger charge is 2.33. The summed E-state index contributed by atoms with van der Waals surface area (Å²) in [7, 11) is -0.692. The number of nitrogens with zero attached hydrogens (tertiary/aromatic N) is 3. The van der Waals surface area contributed by atoms with Crippen LogP contribution in [0.25, 0.3) is 0 Å². The fraction of sp³-hybridized carbons (Fsp3) is 0.833. The third kappa shape index (κ3) is 3.17. The summed E-state index contributed by atoms with van der Waals surface area (Å²) in [6, 6.07) is 0. The van der Waals surface area contributed by atoms with Gasteiger partial charge in [0.25, 0.3) is 0 Å². The minimum Gasteiger partial charge on any atom is -0.339 e. The van der Waals surface area contributed by atoms with Crippen LogP contribution in [-0.2, 0) is 23.8 Å². The molecule has 0 spiro atoms. The van der Waals surface area contributed by atoms with Gasteiger partial charge in [-0.05, 0) is 20.3 Å². The summed E-state index contributed by atoms with van der Waals surface area (Å²) < 4.78 is 16.8. The van der Waals surface area contributed by atoms with Gasteiger partial charge in [-0.1, -0.05) is 12.1 Å². The molecule has 1 saturated heterocycles. The van der Waals surface area contributed by atoms with Crippen molar-refractivity contribution in [1.82, 2.24) is 15.0 Å². The van der Waals surface area contributed by atoms with Gasteiger partial charge in [-0.15, -0.1) is 0 Å². The van der Waals surface area contributed by atoms with Crippen LogP contribution in [0, 0.1) is 0 Å². The van der Waals surface area contributed by atoms with E-state index in [0.29, 0.717) is 18.2 Å². The number of hydrogen-bond donors (Lipinski definition) is 0. The first-order valence-electron chi connectivity index (χ1n) is 6.43. The van der Waals surface area contributed by atoms with Crippen molar-refractivity contribution in [3.63, 3.8) is 0 Å². The van der Waals surface area contributed by atoms with E-state index in [-0.39, 0.29) is 5.54 Å². The number of rotatable bonds is 4. The van der Waals surface area contributed by atoms with Crippen molar-refractivity contribution in [1.29, 1.82) is 0 Å². The highest BCUT2D eigenvalue weighted by molar-refractivity contribution is 7.85. The van der Waals surface area contributed by atoms with Crippen LogP contribution in [0.15, 0.2) is 4.52 Å². The Labute approximate surface area is 110 Å². The van der Waals surface area contributed by atoms with E-state index in [1.165, 1.54) is 0 Å². The number of aromatic nitrogens is 2. The van der Waals surface area contributed by atoms with Gasteiger partial charge in [-0.3, -0.25) is 9.11 Å². The molecular weight excluding hydrogens is 250 g/mol. The van der Waals surface area contributed by atoms with Gasteiger partial charge in [-0.25, -0.2) is 0 Å². The lowest BCUT2D eigenvalue weighted by Crippen LogP contribution is -2.53. The Morgan fingerprint density at radius 3 is 2.94 bits per heavy atom. The smallest absolute Gasteiger partial charge is 0.226 e. The van der Waals surface area contributed by atoms with E-state index >= 15 is 0 Å². The minimum atomic E-state index is -0.692. The molecule has 1 aromatic heterocycles. The Bertz CT molecular complexity index is 431. The second-order valence-corrected chi connectivity index (χ2v) is 6.95. The molecule has 0 aliphatic carbocycles. The molecule has 0 aromatic carbocycles. The molecule has 1 unspecified atom stereocenters. The molecule has 18 heavy (non-hydrogen) atoms. The molecule has 1 aliphatic rings. The van der Waals surface area contributed by atoms with E-state index in [4.69, 9.17) is 4.52 Å². The number of aryl methyl sites for hydroxylation is 1. The average molecular weight is 271 g/mol. The van der Waals surface area contributed by atoms with Gasteiger partial charge in [0.1, 0.15) is 0 Å². The third-order valence-corrected chi connectivity index (χ3v) is 4.93. The van der Waals surface area contributed by atoms with Crippen molar-refractivity contribution in [2.45, 2.75) is 45.7 Å². The molecule has 1 aromatic rings. The lowest BCUT2D eigenvalue weighted by atomic mass is 10.1. The summed E-state index contributed by atoms with van der Waals surface area (Å²) in [5, 5.41) is 4.01. The van der Waals surface area contributed by atoms with Crippen LogP contribution >= 0.6 is 0 Å². The molecule has 6 heteroatoms. The predicted octanol–water partition coefficient (Wildman–Crippen LogP) is 1.36. The zero-order valence-corrected chi connectivity index (χ0v) is 12.1. The first-order valence-corrected chi connectivity index (χ1v) is 7.91. The summed E-state index contributed by atoms with van der Waals surface area (Å²) in [4.78, 5) is 6.67. The van der Waals surface area contributed by atoms with Crippen molar-refractivity contribution >= 4 is 10.8 Å². The summed E-state index contributed by atoms with van der Waals surface area (Å²) in [6.07, 6.45) is 1.84. The van der Waals surface area contributed by atoms with Crippen LogP contribution in [-0.4, -0.2) is 42.8 Å². The molecule has 0 saturated carbocycles. The average Bonchev–Trinajstić information content (AvgIpc) is 2.70. The molecule has 0 radical (unpaired) electrons. The van der Waals surface area contributed by atoms with Gasteiger partial charge < -0.3 is 4.52 Å². The first-order chi connectivity index (χ1) is 8.51. The van der Waals surface area contributed by atoms with Gasteiger partial charge in [0.15, 0.2) is 5.82 Å². The topological polar surface area (TPSA) is 59.2 Å². The van der Waals surface area contributed by atoms with Crippen LogP contribution in [0.3, 0.4) is 0 Å². The maximum atomic E-state index is 11.6. The Hall–Kier alpha value is -0.750. The Kier molecular flexibility index (Phi) is 4.17. The minimum absolute atomic E-state index is 0.0609. The lowest BCUT2D eigenvalue weighted by Gasteiger charge is -2.41. The fourth-order valence-electron chi connectivity index (χ4n) is 2.21. The maximum absolute atomic E-state index is 11.6. The second-order valence-electron chi connectivity index (χ2n) is 5.38. The first kappa shape index (κ1) is 13.7. The normalized spacial score (nSPS) is 24.3. The van der Waals surface area contributed by atoms with E-state index in [1.54, 1.807) is 0 Å². The summed E-state index contributed by atoms with van der Waals surface area (Å²) >= 11 is 0. The van der Waals surface area contributed by atoms with Gasteiger partial charge in [0.2, 0.25) is 5.89 Å². The molecule has 0 N–H and O–H groups in total. The van der Waals surface area contributed by atoms with Crippen molar-refractivity contribution in [3.8, 4) is 0 Å². The predicted molar refractivity (Wildman–Crippen MR) is 70.7 cm³/mol. The van der Waals surface area contributed by atoms with E-state index in [0.717, 1.165) is 31.0 Å². The zero-order valence-electron chi connectivity index (χ0n) is 11.3. The van der Waals surface area contributed by atoms with Crippen LogP contribution < -0.4 is 0 Å². The SMILES string of the molecule is CCCc1nc(CN2CCS(=O)CC2(C)C)no1. The Morgan fingerprint density at radius 1 is 1.50 bits per heavy atom. The van der Waals surface area contributed by atoms with Crippen LogP contribution in [0.2, 0.25) is 0 Å². The van der Waals surface area contributed by atoms with E-state index in [1.807, 2.05) is 0 Å². The van der Waals surface area contributed by atoms with Crippen molar-refractivity contribution in [2.75, 3.05) is 18.1 Å². The molecule has 0 amide bonds. The molecule has 102 valence electrons. The van der Waals surface area contributed by atoms with Crippen LogP contribution in [0.1, 0.15) is 38.9 Å². The van der Waals surface area contributed by atoms with Crippen molar-refractivity contribution in [2.24, 2.45) is 0 Å². The summed E-state index contributed by atoms with van der Waals surface area (Å²) in [5.74, 6) is 2.90. The van der Waals surface area contributed by atoms with Crippen LogP contribution in [0.4, 0.5) is 0 Å². The van der Waals surface area contributed by atoms with Gasteiger partial charge in [0, 0.05) is 40.8 Å². The highest BCUT2D eigenvalue weighted by Crippen LogP contribution is 2.22. The zero-order chi connectivity index (χ0) is 13.2. The van der Waals surface area contributed by atoms with Gasteiger partial charge >= 0.3 is 0 Å². The molecule has 1 atom stereocenters. The van der Waals surface area contributed by atoms with E-state index < -0.39 is 10.8 Å². The summed E-state index contributed by atoms with van der Waals surface area (Å²) in [6.45, 7) is 7.84. The highest BCUT2D eigenvalue weighted by atomic mass is 32.2. The lowest BCUT2D eigenvalue weighted by molar-refractivity contribution is 0.128. The molecular formula is C12H21N3O2S. The standard InChI is InChI=1S/C12H21N3O2S/c1-4-5-11-13-10(14-17-11)8-15-6-7-18(16)9-12(15,2)3/h4-9H2,1-3H3. The molecule has 2 heterocycles. The third-order valence-electron chi connectivity index (χ3n) is 3.27. The molecule has 2 rings (SSSR count). The Balaban J connectivity index is 2.01. The Morgan fingerprint density at radius 2 is 2.28 bits per heavy atom. The molecule has 1 fully saturated rings. The molecule has 1 aliphatic heterocycles. The molecule has 5 nitrogen and oxygen atoms in total. The monoisotopic (exact) mass is 271 g/mol. The van der Waals surface area contributed by atoms with Gasteiger partial charge in [0.05, 0.1) is 6.54 Å². The quantitative estimate of drug-likeness (QED) is 0.827. The number of hydrogen-bond acceptors (Lipinski definition) is 5. The van der Waals surface area contributed by atoms with E-state index in [2.05, 4.69) is 35.8 Å². The second kappa shape index (κ2) is 5.48. The van der Waals surface area contributed by atoms with E-state index in [9.17, 15) is 4.21 Å². The maximum Gasteiger partial charge on any atom is 0.226 e. The largest absolute Gasteiger partial charge is 0.339 e. The van der Waals surface area contributed by atoms with Crippen LogP contribution in [0.5, 0.6) is 0 Å². The van der Waals surface area contributed by atoms with Gasteiger partial charge in [-0.2, -0.15) is 4.98 Å². The summed E-state index contributed by atoms with van der Waals surface area (Å²) in [5.41, 5.74) is -0.0609. The fourth-order valence-corrected chi connectivity index (χ4v) is 3.74. The van der Waals surface area contributed by atoms with Crippen molar-refractivity contribution < 1.29 is 8.73 Å². The van der Waals surface area contributed by atoms with Crippen molar-refractivity contribution in [3.05, 3.63) is 11.7 Å².